The Hall–Kier alpha value is -0.380. The van der Waals surface area contributed by atoms with Gasteiger partial charge in [0.1, 0.15) is 0 Å². The molecule has 3 N–H and O–H groups in total. The maximum atomic E-state index is 6.24. The van der Waals surface area contributed by atoms with Gasteiger partial charge >= 0.3 is 0 Å². The Kier molecular flexibility index (Phi) is 5.43. The molecule has 1 unspecified atom stereocenters. The minimum atomic E-state index is -0.0703. The Bertz CT molecular complexity index is 306. The molecule has 1 atom stereocenters. The number of rotatable bonds is 5. The van der Waals surface area contributed by atoms with Crippen molar-refractivity contribution in [3.63, 3.8) is 0 Å². The minimum Gasteiger partial charge on any atom is -0.373 e. The third-order valence-corrected chi connectivity index (χ3v) is 4.94. The van der Waals surface area contributed by atoms with Crippen molar-refractivity contribution >= 4 is 0 Å². The molecule has 0 heterocycles. The van der Waals surface area contributed by atoms with Crippen molar-refractivity contribution in [2.24, 2.45) is 11.8 Å². The van der Waals surface area contributed by atoms with Crippen molar-refractivity contribution < 1.29 is 4.74 Å². The van der Waals surface area contributed by atoms with Crippen LogP contribution in [0.3, 0.4) is 0 Å². The van der Waals surface area contributed by atoms with Crippen LogP contribution in [0.25, 0.3) is 0 Å². The molecule has 2 rings (SSSR count). The predicted octanol–water partition coefficient (Wildman–Crippen LogP) is 3.30. The highest BCUT2D eigenvalue weighted by atomic mass is 16.5. The van der Waals surface area contributed by atoms with E-state index in [2.05, 4.69) is 25.3 Å². The summed E-state index contributed by atoms with van der Waals surface area (Å²) in [7, 11) is 0. The average Bonchev–Trinajstić information content (AvgIpc) is 2.44. The Morgan fingerprint density at radius 2 is 2.16 bits per heavy atom. The molecule has 0 radical (unpaired) electrons. The molecule has 0 aromatic heterocycles. The van der Waals surface area contributed by atoms with Gasteiger partial charge in [-0.1, -0.05) is 18.6 Å². The fourth-order valence-corrected chi connectivity index (χ4v) is 3.78. The number of hydrazine groups is 1. The molecule has 110 valence electrons. The molecule has 0 bridgehead atoms. The molecule has 0 aromatic carbocycles. The van der Waals surface area contributed by atoms with Crippen molar-refractivity contribution in [3.8, 4) is 0 Å². The quantitative estimate of drug-likeness (QED) is 0.456. The number of nitrogens with two attached hydrogens (primary N) is 1. The highest BCUT2D eigenvalue weighted by Gasteiger charge is 2.43. The highest BCUT2D eigenvalue weighted by Crippen LogP contribution is 2.40. The second-order valence-electron chi connectivity index (χ2n) is 6.30. The van der Waals surface area contributed by atoms with Gasteiger partial charge in [0.25, 0.3) is 0 Å². The van der Waals surface area contributed by atoms with Gasteiger partial charge in [0.05, 0.1) is 11.6 Å². The second-order valence-corrected chi connectivity index (χ2v) is 6.30. The molecule has 3 heteroatoms. The van der Waals surface area contributed by atoms with Crippen LogP contribution >= 0.6 is 0 Å². The Morgan fingerprint density at radius 1 is 1.42 bits per heavy atom. The first kappa shape index (κ1) is 15.0. The summed E-state index contributed by atoms with van der Waals surface area (Å²) >= 11 is 0. The first-order valence-electron chi connectivity index (χ1n) is 8.01. The zero-order valence-electron chi connectivity index (χ0n) is 12.6. The van der Waals surface area contributed by atoms with Gasteiger partial charge in [0.2, 0.25) is 0 Å². The number of ether oxygens (including phenoxy) is 1. The summed E-state index contributed by atoms with van der Waals surface area (Å²) in [4.78, 5) is 0. The van der Waals surface area contributed by atoms with Crippen LogP contribution < -0.4 is 11.3 Å². The van der Waals surface area contributed by atoms with Crippen LogP contribution in [0.2, 0.25) is 0 Å². The second kappa shape index (κ2) is 6.87. The van der Waals surface area contributed by atoms with E-state index in [4.69, 9.17) is 10.6 Å². The molecule has 1 fully saturated rings. The van der Waals surface area contributed by atoms with E-state index in [0.29, 0.717) is 0 Å². The summed E-state index contributed by atoms with van der Waals surface area (Å²) in [5.74, 6) is 6.74. The van der Waals surface area contributed by atoms with Gasteiger partial charge in [-0.15, -0.1) is 0 Å². The first-order chi connectivity index (χ1) is 9.22. The summed E-state index contributed by atoms with van der Waals surface area (Å²) in [6.45, 7) is 5.23. The van der Waals surface area contributed by atoms with Crippen LogP contribution in [0.4, 0.5) is 0 Å². The van der Waals surface area contributed by atoms with E-state index in [0.717, 1.165) is 25.4 Å². The van der Waals surface area contributed by atoms with Crippen LogP contribution in [0, 0.1) is 5.92 Å². The van der Waals surface area contributed by atoms with E-state index < -0.39 is 0 Å². The fourth-order valence-electron chi connectivity index (χ4n) is 3.78. The summed E-state index contributed by atoms with van der Waals surface area (Å²) < 4.78 is 6.24. The van der Waals surface area contributed by atoms with Gasteiger partial charge in [-0.25, -0.2) is 0 Å². The van der Waals surface area contributed by atoms with E-state index >= 15 is 0 Å². The number of nitrogens with one attached hydrogen (secondary N) is 1. The number of hydrogen-bond donors (Lipinski definition) is 2. The molecule has 3 nitrogen and oxygen atoms in total. The molecular formula is C16H30N2O. The van der Waals surface area contributed by atoms with Crippen LogP contribution in [-0.2, 0) is 4.74 Å². The van der Waals surface area contributed by atoms with E-state index in [1.54, 1.807) is 0 Å². The van der Waals surface area contributed by atoms with Crippen molar-refractivity contribution in [2.75, 3.05) is 6.61 Å². The van der Waals surface area contributed by atoms with Gasteiger partial charge in [-0.05, 0) is 64.2 Å². The maximum Gasteiger partial charge on any atom is 0.0886 e. The Morgan fingerprint density at radius 3 is 2.68 bits per heavy atom. The smallest absolute Gasteiger partial charge is 0.0886 e. The van der Waals surface area contributed by atoms with Gasteiger partial charge in [-0.3, -0.25) is 11.3 Å². The fraction of sp³-hybridized carbons (Fsp3) is 0.875. The molecule has 0 spiro atoms. The third-order valence-electron chi connectivity index (χ3n) is 4.94. The molecule has 0 aliphatic heterocycles. The summed E-state index contributed by atoms with van der Waals surface area (Å²) in [6.07, 6.45) is 12.2. The van der Waals surface area contributed by atoms with Crippen molar-refractivity contribution in [1.29, 1.82) is 0 Å². The van der Waals surface area contributed by atoms with E-state index in [1.165, 1.54) is 44.1 Å². The lowest BCUT2D eigenvalue weighted by atomic mass is 9.72. The molecular weight excluding hydrogens is 236 g/mol. The standard InChI is InChI=1S/C16H30N2O/c1-3-19-16(11-9-13(2)10-12-16)15(18-17)14-7-5-4-6-8-14/h7,13,15,18H,3-6,8-12,17H2,1-2H3. The first-order valence-corrected chi connectivity index (χ1v) is 8.01. The maximum absolute atomic E-state index is 6.24. The largest absolute Gasteiger partial charge is 0.373 e. The molecule has 0 saturated heterocycles. The van der Waals surface area contributed by atoms with Crippen LogP contribution in [-0.4, -0.2) is 18.2 Å². The lowest BCUT2D eigenvalue weighted by Crippen LogP contribution is -2.57. The molecule has 0 aromatic rings. The van der Waals surface area contributed by atoms with Crippen LogP contribution in [0.1, 0.15) is 65.2 Å². The third kappa shape index (κ3) is 3.39. The van der Waals surface area contributed by atoms with E-state index in [-0.39, 0.29) is 11.6 Å². The topological polar surface area (TPSA) is 47.3 Å². The van der Waals surface area contributed by atoms with Gasteiger partial charge < -0.3 is 4.74 Å². The van der Waals surface area contributed by atoms with Gasteiger partial charge in [0, 0.05) is 6.61 Å². The highest BCUT2D eigenvalue weighted by molar-refractivity contribution is 5.19. The Balaban J connectivity index is 2.17. The molecule has 0 amide bonds. The molecule has 19 heavy (non-hydrogen) atoms. The van der Waals surface area contributed by atoms with Gasteiger partial charge in [0.15, 0.2) is 0 Å². The summed E-state index contributed by atoms with van der Waals surface area (Å²) in [5, 5.41) is 0. The van der Waals surface area contributed by atoms with Crippen LogP contribution in [0.15, 0.2) is 11.6 Å². The van der Waals surface area contributed by atoms with Crippen molar-refractivity contribution in [1.82, 2.24) is 5.43 Å². The zero-order valence-corrected chi connectivity index (χ0v) is 12.6. The van der Waals surface area contributed by atoms with Crippen LogP contribution in [0.5, 0.6) is 0 Å². The monoisotopic (exact) mass is 266 g/mol. The van der Waals surface area contributed by atoms with Crippen molar-refractivity contribution in [3.05, 3.63) is 11.6 Å². The zero-order chi connectivity index (χ0) is 13.7. The SMILES string of the molecule is CCOC1(C(NN)C2=CCCCC2)CCC(C)CC1. The van der Waals surface area contributed by atoms with Crippen molar-refractivity contribution in [2.45, 2.75) is 76.9 Å². The number of allylic oxidation sites excluding steroid dienone is 1. The van der Waals surface area contributed by atoms with Gasteiger partial charge in [-0.2, -0.15) is 0 Å². The predicted molar refractivity (Wildman–Crippen MR) is 79.7 cm³/mol. The molecule has 1 saturated carbocycles. The normalized spacial score (nSPS) is 33.8. The molecule has 2 aliphatic rings. The summed E-state index contributed by atoms with van der Waals surface area (Å²) in [5.41, 5.74) is 4.50. The Labute approximate surface area is 117 Å². The van der Waals surface area contributed by atoms with E-state index in [1.807, 2.05) is 0 Å². The number of hydrogen-bond acceptors (Lipinski definition) is 3. The summed E-state index contributed by atoms with van der Waals surface area (Å²) in [6, 6.07) is 0.209. The lowest BCUT2D eigenvalue weighted by molar-refractivity contribution is -0.0892. The average molecular weight is 266 g/mol. The molecule has 2 aliphatic carbocycles. The lowest BCUT2D eigenvalue weighted by Gasteiger charge is -2.45. The minimum absolute atomic E-state index is 0.0703. The van der Waals surface area contributed by atoms with E-state index in [9.17, 15) is 0 Å².